The smallest absolute Gasteiger partial charge is 0.242 e. The van der Waals surface area contributed by atoms with Crippen LogP contribution in [0, 0.1) is 0 Å². The maximum Gasteiger partial charge on any atom is 0.242 e. The van der Waals surface area contributed by atoms with Crippen molar-refractivity contribution in [3.8, 4) is 0 Å². The number of piperazine rings is 1. The van der Waals surface area contributed by atoms with Gasteiger partial charge in [-0.15, -0.1) is 0 Å². The zero-order valence-corrected chi connectivity index (χ0v) is 14.1. The fraction of sp³-hybridized carbons (Fsp3) is 0.500. The van der Waals surface area contributed by atoms with E-state index in [2.05, 4.69) is 30.9 Å². The molecule has 1 aliphatic heterocycles. The van der Waals surface area contributed by atoms with E-state index in [9.17, 15) is 8.42 Å². The van der Waals surface area contributed by atoms with Gasteiger partial charge < -0.3 is 5.32 Å². The van der Waals surface area contributed by atoms with Gasteiger partial charge in [-0.3, -0.25) is 4.90 Å². The van der Waals surface area contributed by atoms with E-state index in [-0.39, 0.29) is 9.92 Å². The summed E-state index contributed by atoms with van der Waals surface area (Å²) in [6, 6.07) is 4.74. The minimum absolute atomic E-state index is 0.114. The van der Waals surface area contributed by atoms with Crippen LogP contribution >= 0.6 is 27.5 Å². The van der Waals surface area contributed by atoms with Gasteiger partial charge in [0.05, 0.1) is 5.02 Å². The first-order valence-electron chi connectivity index (χ1n) is 6.37. The second-order valence-electron chi connectivity index (χ2n) is 4.56. The molecule has 112 valence electrons. The maximum absolute atomic E-state index is 12.2. The molecular formula is C12H17BrClN3O2S. The standard InChI is InChI=1S/C12H17BrClN3O2S/c13-10-1-2-12(11(14)9-10)20(18,19)16-5-8-17-6-3-15-4-7-17/h1-2,9,15-16H,3-8H2. The zero-order valence-electron chi connectivity index (χ0n) is 10.9. The molecule has 1 aliphatic rings. The molecule has 0 atom stereocenters. The molecule has 0 unspecified atom stereocenters. The lowest BCUT2D eigenvalue weighted by atomic mass is 10.3. The highest BCUT2D eigenvalue weighted by Crippen LogP contribution is 2.24. The van der Waals surface area contributed by atoms with Crippen LogP contribution in [0.25, 0.3) is 0 Å². The minimum Gasteiger partial charge on any atom is -0.314 e. The van der Waals surface area contributed by atoms with Crippen molar-refractivity contribution in [1.82, 2.24) is 14.9 Å². The summed E-state index contributed by atoms with van der Waals surface area (Å²) in [5.41, 5.74) is 0. The van der Waals surface area contributed by atoms with Gasteiger partial charge in [0.15, 0.2) is 0 Å². The molecule has 8 heteroatoms. The maximum atomic E-state index is 12.2. The summed E-state index contributed by atoms with van der Waals surface area (Å²) in [6.45, 7) is 4.88. The van der Waals surface area contributed by atoms with E-state index >= 15 is 0 Å². The Labute approximate surface area is 132 Å². The van der Waals surface area contributed by atoms with Gasteiger partial charge in [0.25, 0.3) is 0 Å². The zero-order chi connectivity index (χ0) is 14.6. The quantitative estimate of drug-likeness (QED) is 0.805. The number of benzene rings is 1. The first kappa shape index (κ1) is 16.2. The van der Waals surface area contributed by atoms with Crippen LogP contribution in [-0.2, 0) is 10.0 Å². The number of sulfonamides is 1. The van der Waals surface area contributed by atoms with Gasteiger partial charge in [0.2, 0.25) is 10.0 Å². The third-order valence-corrected chi connectivity index (χ3v) is 5.55. The highest BCUT2D eigenvalue weighted by atomic mass is 79.9. The van der Waals surface area contributed by atoms with Crippen LogP contribution in [-0.4, -0.2) is 52.6 Å². The molecule has 1 fully saturated rings. The van der Waals surface area contributed by atoms with Gasteiger partial charge in [-0.05, 0) is 18.2 Å². The molecule has 0 radical (unpaired) electrons. The van der Waals surface area contributed by atoms with Gasteiger partial charge in [0.1, 0.15) is 4.90 Å². The van der Waals surface area contributed by atoms with Crippen molar-refractivity contribution in [3.05, 3.63) is 27.7 Å². The molecule has 0 amide bonds. The fourth-order valence-electron chi connectivity index (χ4n) is 2.04. The normalized spacial score (nSPS) is 17.3. The van der Waals surface area contributed by atoms with Crippen molar-refractivity contribution in [2.45, 2.75) is 4.90 Å². The Kier molecular flexibility index (Phi) is 5.83. The Morgan fingerprint density at radius 1 is 1.35 bits per heavy atom. The van der Waals surface area contributed by atoms with E-state index in [1.165, 1.54) is 6.07 Å². The van der Waals surface area contributed by atoms with Crippen molar-refractivity contribution < 1.29 is 8.42 Å². The van der Waals surface area contributed by atoms with Crippen molar-refractivity contribution in [1.29, 1.82) is 0 Å². The number of halogens is 2. The number of nitrogens with one attached hydrogen (secondary N) is 2. The summed E-state index contributed by atoms with van der Waals surface area (Å²) in [6.07, 6.45) is 0. The van der Waals surface area contributed by atoms with E-state index in [0.717, 1.165) is 30.7 Å². The molecular weight excluding hydrogens is 366 g/mol. The number of nitrogens with zero attached hydrogens (tertiary/aromatic N) is 1. The highest BCUT2D eigenvalue weighted by molar-refractivity contribution is 9.10. The lowest BCUT2D eigenvalue weighted by Crippen LogP contribution is -2.46. The van der Waals surface area contributed by atoms with Gasteiger partial charge in [0, 0.05) is 43.7 Å². The average Bonchev–Trinajstić information content (AvgIpc) is 2.39. The highest BCUT2D eigenvalue weighted by Gasteiger charge is 2.18. The van der Waals surface area contributed by atoms with Gasteiger partial charge in [-0.2, -0.15) is 0 Å². The molecule has 2 N–H and O–H groups in total. The van der Waals surface area contributed by atoms with Crippen molar-refractivity contribution in [3.63, 3.8) is 0 Å². The van der Waals surface area contributed by atoms with Crippen LogP contribution in [0.4, 0.5) is 0 Å². The fourth-order valence-corrected chi connectivity index (χ4v) is 4.10. The molecule has 0 saturated carbocycles. The molecule has 1 saturated heterocycles. The van der Waals surface area contributed by atoms with Gasteiger partial charge >= 0.3 is 0 Å². The molecule has 0 aliphatic carbocycles. The van der Waals surface area contributed by atoms with E-state index < -0.39 is 10.0 Å². The van der Waals surface area contributed by atoms with Crippen molar-refractivity contribution in [2.24, 2.45) is 0 Å². The summed E-state index contributed by atoms with van der Waals surface area (Å²) in [7, 11) is -3.55. The molecule has 0 spiro atoms. The Balaban J connectivity index is 1.93. The molecule has 0 aromatic heterocycles. The SMILES string of the molecule is O=S(=O)(NCCN1CCNCC1)c1ccc(Br)cc1Cl. The second kappa shape index (κ2) is 7.20. The average molecular weight is 383 g/mol. The first-order chi connectivity index (χ1) is 9.49. The van der Waals surface area contributed by atoms with Crippen molar-refractivity contribution >= 4 is 37.6 Å². The predicted molar refractivity (Wildman–Crippen MR) is 83.7 cm³/mol. The van der Waals surface area contributed by atoms with E-state index in [1.807, 2.05) is 0 Å². The van der Waals surface area contributed by atoms with E-state index in [1.54, 1.807) is 12.1 Å². The van der Waals surface area contributed by atoms with Gasteiger partial charge in [-0.25, -0.2) is 13.1 Å². The molecule has 1 aromatic rings. The lowest BCUT2D eigenvalue weighted by Gasteiger charge is -2.27. The van der Waals surface area contributed by atoms with Crippen LogP contribution in [0.5, 0.6) is 0 Å². The third kappa shape index (κ3) is 4.41. The van der Waals surface area contributed by atoms with E-state index in [4.69, 9.17) is 11.6 Å². The lowest BCUT2D eigenvalue weighted by molar-refractivity contribution is 0.245. The van der Waals surface area contributed by atoms with Crippen LogP contribution in [0.2, 0.25) is 5.02 Å². The first-order valence-corrected chi connectivity index (χ1v) is 9.02. The summed E-state index contributed by atoms with van der Waals surface area (Å²) >= 11 is 9.23. The van der Waals surface area contributed by atoms with Crippen LogP contribution < -0.4 is 10.0 Å². The minimum atomic E-state index is -3.55. The molecule has 5 nitrogen and oxygen atoms in total. The topological polar surface area (TPSA) is 61.4 Å². The Hall–Kier alpha value is -0.180. The van der Waals surface area contributed by atoms with Crippen molar-refractivity contribution in [2.75, 3.05) is 39.3 Å². The Morgan fingerprint density at radius 3 is 2.70 bits per heavy atom. The summed E-state index contributed by atoms with van der Waals surface area (Å²) < 4.78 is 27.7. The second-order valence-corrected chi connectivity index (χ2v) is 7.62. The third-order valence-electron chi connectivity index (χ3n) is 3.11. The summed E-state index contributed by atoms with van der Waals surface area (Å²) in [5.74, 6) is 0. The van der Waals surface area contributed by atoms with E-state index in [0.29, 0.717) is 13.1 Å². The molecule has 1 aromatic carbocycles. The molecule has 20 heavy (non-hydrogen) atoms. The van der Waals surface area contributed by atoms with Crippen LogP contribution in [0.3, 0.4) is 0 Å². The molecule has 1 heterocycles. The summed E-state index contributed by atoms with van der Waals surface area (Å²) in [4.78, 5) is 2.34. The van der Waals surface area contributed by atoms with Crippen LogP contribution in [0.15, 0.2) is 27.6 Å². The Morgan fingerprint density at radius 2 is 2.05 bits per heavy atom. The molecule has 0 bridgehead atoms. The monoisotopic (exact) mass is 381 g/mol. The van der Waals surface area contributed by atoms with Gasteiger partial charge in [-0.1, -0.05) is 27.5 Å². The number of rotatable bonds is 5. The van der Waals surface area contributed by atoms with Crippen LogP contribution in [0.1, 0.15) is 0 Å². The largest absolute Gasteiger partial charge is 0.314 e. The number of hydrogen-bond acceptors (Lipinski definition) is 4. The summed E-state index contributed by atoms with van der Waals surface area (Å²) in [5, 5.41) is 3.47. The number of hydrogen-bond donors (Lipinski definition) is 2. The molecule has 2 rings (SSSR count). The Bertz CT molecular complexity index is 562. The predicted octanol–water partition coefficient (Wildman–Crippen LogP) is 1.29.